The first-order valence-corrected chi connectivity index (χ1v) is 11.1. The fourth-order valence-electron chi connectivity index (χ4n) is 3.22. The zero-order valence-corrected chi connectivity index (χ0v) is 18.8. The molecule has 1 aliphatic rings. The summed E-state index contributed by atoms with van der Waals surface area (Å²) in [6.45, 7) is 9.47. The molecule has 0 atom stereocenters. The second kappa shape index (κ2) is 10.2. The number of aryl methyl sites for hydroxylation is 1. The van der Waals surface area contributed by atoms with Crippen molar-refractivity contribution < 1.29 is 9.53 Å². The minimum absolute atomic E-state index is 0.0273. The van der Waals surface area contributed by atoms with E-state index in [2.05, 4.69) is 35.1 Å². The SMILES string of the molecule is CC(C)=CCN1CCC(NC(=O)c2sc(COc3ccc(Cl)cc3)nc2C)CC1. The van der Waals surface area contributed by atoms with E-state index in [9.17, 15) is 4.79 Å². The number of piperidine rings is 1. The first-order chi connectivity index (χ1) is 13.9. The Kier molecular flexibility index (Phi) is 7.70. The van der Waals surface area contributed by atoms with Gasteiger partial charge in [0, 0.05) is 30.7 Å². The number of nitrogens with zero attached hydrogens (tertiary/aromatic N) is 2. The lowest BCUT2D eigenvalue weighted by Gasteiger charge is -2.31. The number of aromatic nitrogens is 1. The summed E-state index contributed by atoms with van der Waals surface area (Å²) in [5, 5.41) is 4.65. The highest BCUT2D eigenvalue weighted by Gasteiger charge is 2.23. The van der Waals surface area contributed by atoms with Crippen molar-refractivity contribution in [2.24, 2.45) is 0 Å². The van der Waals surface area contributed by atoms with E-state index >= 15 is 0 Å². The Balaban J connectivity index is 1.50. The lowest BCUT2D eigenvalue weighted by atomic mass is 10.0. The van der Waals surface area contributed by atoms with Crippen molar-refractivity contribution in [3.8, 4) is 5.75 Å². The summed E-state index contributed by atoms with van der Waals surface area (Å²) in [7, 11) is 0. The van der Waals surface area contributed by atoms with Gasteiger partial charge in [-0.3, -0.25) is 9.69 Å². The molecule has 1 fully saturated rings. The van der Waals surface area contributed by atoms with Gasteiger partial charge in [0.15, 0.2) is 0 Å². The molecular weight excluding hydrogens is 406 g/mol. The topological polar surface area (TPSA) is 54.5 Å². The molecule has 1 aromatic carbocycles. The van der Waals surface area contributed by atoms with Crippen LogP contribution in [0.1, 0.15) is 47.1 Å². The largest absolute Gasteiger partial charge is 0.486 e. The molecule has 5 nitrogen and oxygen atoms in total. The molecule has 1 N–H and O–H groups in total. The molecule has 0 radical (unpaired) electrons. The van der Waals surface area contributed by atoms with Gasteiger partial charge in [-0.1, -0.05) is 23.3 Å². The third-order valence-electron chi connectivity index (χ3n) is 4.90. The average molecular weight is 434 g/mol. The summed E-state index contributed by atoms with van der Waals surface area (Å²) in [5.74, 6) is 0.702. The molecule has 2 aromatic rings. The lowest BCUT2D eigenvalue weighted by molar-refractivity contribution is 0.0917. The van der Waals surface area contributed by atoms with Crippen molar-refractivity contribution >= 4 is 28.8 Å². The Bertz CT molecular complexity index is 851. The molecule has 156 valence electrons. The molecule has 2 heterocycles. The maximum Gasteiger partial charge on any atom is 0.263 e. The molecule has 0 aliphatic carbocycles. The van der Waals surface area contributed by atoms with Gasteiger partial charge in [-0.05, 0) is 57.9 Å². The maximum absolute atomic E-state index is 12.7. The van der Waals surface area contributed by atoms with Gasteiger partial charge in [0.2, 0.25) is 0 Å². The van der Waals surface area contributed by atoms with Gasteiger partial charge in [0.05, 0.1) is 5.69 Å². The number of carbonyl (C=O) groups is 1. The van der Waals surface area contributed by atoms with E-state index in [1.807, 2.05) is 19.1 Å². The van der Waals surface area contributed by atoms with Crippen molar-refractivity contribution in [1.29, 1.82) is 0 Å². The number of ether oxygens (including phenoxy) is 1. The molecule has 7 heteroatoms. The van der Waals surface area contributed by atoms with E-state index in [1.165, 1.54) is 16.9 Å². The first-order valence-electron chi connectivity index (χ1n) is 9.92. The van der Waals surface area contributed by atoms with E-state index in [4.69, 9.17) is 16.3 Å². The van der Waals surface area contributed by atoms with Gasteiger partial charge in [-0.2, -0.15) is 0 Å². The van der Waals surface area contributed by atoms with Crippen LogP contribution in [0.5, 0.6) is 5.75 Å². The molecule has 1 aliphatic heterocycles. The van der Waals surface area contributed by atoms with Gasteiger partial charge < -0.3 is 10.1 Å². The highest BCUT2D eigenvalue weighted by Crippen LogP contribution is 2.22. The van der Waals surface area contributed by atoms with Crippen molar-refractivity contribution in [2.75, 3.05) is 19.6 Å². The van der Waals surface area contributed by atoms with Gasteiger partial charge in [0.25, 0.3) is 5.91 Å². The fourth-order valence-corrected chi connectivity index (χ4v) is 4.23. The number of benzene rings is 1. The quantitative estimate of drug-likeness (QED) is 0.634. The van der Waals surface area contributed by atoms with Gasteiger partial charge in [-0.25, -0.2) is 4.98 Å². The number of likely N-dealkylation sites (tertiary alicyclic amines) is 1. The van der Waals surface area contributed by atoms with Crippen LogP contribution in [-0.4, -0.2) is 41.5 Å². The van der Waals surface area contributed by atoms with Crippen LogP contribution in [-0.2, 0) is 6.61 Å². The highest BCUT2D eigenvalue weighted by atomic mass is 35.5. The zero-order chi connectivity index (χ0) is 20.8. The molecular formula is C22H28ClN3O2S. The van der Waals surface area contributed by atoms with Crippen molar-refractivity contribution in [3.63, 3.8) is 0 Å². The average Bonchev–Trinajstić information content (AvgIpc) is 3.08. The number of halogens is 1. The van der Waals surface area contributed by atoms with Crippen LogP contribution >= 0.6 is 22.9 Å². The number of hydrogen-bond donors (Lipinski definition) is 1. The van der Waals surface area contributed by atoms with E-state index in [-0.39, 0.29) is 11.9 Å². The predicted molar refractivity (Wildman–Crippen MR) is 119 cm³/mol. The number of nitrogens with one attached hydrogen (secondary N) is 1. The van der Waals surface area contributed by atoms with E-state index in [0.717, 1.165) is 48.9 Å². The Labute approximate surface area is 181 Å². The second-order valence-electron chi connectivity index (χ2n) is 7.59. The maximum atomic E-state index is 12.7. The van der Waals surface area contributed by atoms with Gasteiger partial charge in [0.1, 0.15) is 22.2 Å². The number of rotatable bonds is 7. The molecule has 29 heavy (non-hydrogen) atoms. The van der Waals surface area contributed by atoms with Crippen LogP contribution in [0.15, 0.2) is 35.9 Å². The number of carbonyl (C=O) groups excluding carboxylic acids is 1. The Morgan fingerprint density at radius 3 is 2.66 bits per heavy atom. The van der Waals surface area contributed by atoms with E-state index in [1.54, 1.807) is 12.1 Å². The van der Waals surface area contributed by atoms with E-state index < -0.39 is 0 Å². The van der Waals surface area contributed by atoms with Crippen molar-refractivity contribution in [3.05, 3.63) is 56.5 Å². The summed E-state index contributed by atoms with van der Waals surface area (Å²) in [4.78, 5) is 20.3. The highest BCUT2D eigenvalue weighted by molar-refractivity contribution is 7.13. The summed E-state index contributed by atoms with van der Waals surface area (Å²) in [6.07, 6.45) is 4.21. The molecule has 1 saturated heterocycles. The molecule has 0 spiro atoms. The van der Waals surface area contributed by atoms with Crippen molar-refractivity contribution in [2.45, 2.75) is 46.3 Å². The molecule has 0 unspecified atom stereocenters. The molecule has 3 rings (SSSR count). The van der Waals surface area contributed by atoms with Crippen LogP contribution in [0.3, 0.4) is 0 Å². The number of allylic oxidation sites excluding steroid dienone is 1. The standard InChI is InChI=1S/C22H28ClN3O2S/c1-15(2)8-11-26-12-9-18(10-13-26)25-22(27)21-16(3)24-20(29-21)14-28-19-6-4-17(23)5-7-19/h4-8,18H,9-14H2,1-3H3,(H,25,27). The van der Waals surface area contributed by atoms with Gasteiger partial charge in [-0.15, -0.1) is 11.3 Å². The van der Waals surface area contributed by atoms with Crippen molar-refractivity contribution in [1.82, 2.24) is 15.2 Å². The summed E-state index contributed by atoms with van der Waals surface area (Å²) in [5.41, 5.74) is 2.10. The number of thiazole rings is 1. The Morgan fingerprint density at radius 2 is 2.00 bits per heavy atom. The monoisotopic (exact) mass is 433 g/mol. The summed E-state index contributed by atoms with van der Waals surface area (Å²) >= 11 is 7.29. The molecule has 0 bridgehead atoms. The number of hydrogen-bond acceptors (Lipinski definition) is 5. The van der Waals surface area contributed by atoms with Crippen LogP contribution < -0.4 is 10.1 Å². The second-order valence-corrected chi connectivity index (χ2v) is 9.11. The zero-order valence-electron chi connectivity index (χ0n) is 17.2. The Hall–Kier alpha value is -1.89. The molecule has 1 amide bonds. The predicted octanol–water partition coefficient (Wildman–Crippen LogP) is 4.84. The first kappa shape index (κ1) is 21.8. The minimum atomic E-state index is -0.0273. The fraction of sp³-hybridized carbons (Fsp3) is 0.455. The Morgan fingerprint density at radius 1 is 1.31 bits per heavy atom. The van der Waals surface area contributed by atoms with E-state index in [0.29, 0.717) is 16.5 Å². The minimum Gasteiger partial charge on any atom is -0.486 e. The third kappa shape index (κ3) is 6.56. The number of amides is 1. The normalized spacial score (nSPS) is 15.2. The summed E-state index contributed by atoms with van der Waals surface area (Å²) < 4.78 is 5.74. The van der Waals surface area contributed by atoms with Crippen LogP contribution in [0.25, 0.3) is 0 Å². The smallest absolute Gasteiger partial charge is 0.263 e. The summed E-state index contributed by atoms with van der Waals surface area (Å²) in [6, 6.07) is 7.43. The lowest BCUT2D eigenvalue weighted by Crippen LogP contribution is -2.44. The third-order valence-corrected chi connectivity index (χ3v) is 6.29. The van der Waals surface area contributed by atoms with Gasteiger partial charge >= 0.3 is 0 Å². The molecule has 1 aromatic heterocycles. The van der Waals surface area contributed by atoms with Crippen LogP contribution in [0, 0.1) is 6.92 Å². The van der Waals surface area contributed by atoms with Crippen LogP contribution in [0.4, 0.5) is 0 Å². The van der Waals surface area contributed by atoms with Crippen LogP contribution in [0.2, 0.25) is 5.02 Å². The molecule has 0 saturated carbocycles.